The second kappa shape index (κ2) is 9.32. The topological polar surface area (TPSA) is 70.6 Å². The van der Waals surface area contributed by atoms with Gasteiger partial charge >= 0.3 is 0 Å². The van der Waals surface area contributed by atoms with E-state index in [1.54, 1.807) is 24.3 Å². The molecule has 0 aliphatic heterocycles. The first-order valence-electron chi connectivity index (χ1n) is 8.40. The van der Waals surface area contributed by atoms with Crippen LogP contribution in [0, 0.1) is 0 Å². The van der Waals surface area contributed by atoms with Crippen LogP contribution in [0.25, 0.3) is 0 Å². The maximum Gasteiger partial charge on any atom is 0.191 e. The van der Waals surface area contributed by atoms with E-state index in [9.17, 15) is 8.42 Å². The summed E-state index contributed by atoms with van der Waals surface area (Å²) in [5.41, 5.74) is 0. The molecule has 1 aliphatic carbocycles. The van der Waals surface area contributed by atoms with Gasteiger partial charge in [-0.05, 0) is 44.6 Å². The van der Waals surface area contributed by atoms with Gasteiger partial charge in [0.1, 0.15) is 0 Å². The molecule has 0 heterocycles. The highest BCUT2D eigenvalue weighted by Crippen LogP contribution is 2.28. The van der Waals surface area contributed by atoms with Gasteiger partial charge in [-0.2, -0.15) is 11.8 Å². The van der Waals surface area contributed by atoms with Crippen LogP contribution in [0.5, 0.6) is 0 Å². The minimum atomic E-state index is -3.28. The van der Waals surface area contributed by atoms with E-state index in [1.165, 1.54) is 6.42 Å². The van der Waals surface area contributed by atoms with Crippen molar-refractivity contribution in [3.8, 4) is 0 Å². The molecule has 7 heteroatoms. The van der Waals surface area contributed by atoms with Crippen molar-refractivity contribution in [3.63, 3.8) is 0 Å². The number of benzene rings is 1. The maximum atomic E-state index is 12.3. The molecule has 1 aromatic rings. The van der Waals surface area contributed by atoms with Gasteiger partial charge in [-0.1, -0.05) is 18.2 Å². The Labute approximate surface area is 149 Å². The maximum absolute atomic E-state index is 12.3. The van der Waals surface area contributed by atoms with Gasteiger partial charge in [0.2, 0.25) is 0 Å². The fourth-order valence-corrected chi connectivity index (χ4v) is 4.76. The summed E-state index contributed by atoms with van der Waals surface area (Å²) >= 11 is 1.92. The highest BCUT2D eigenvalue weighted by molar-refractivity contribution is 7.99. The first kappa shape index (κ1) is 19.1. The zero-order chi connectivity index (χ0) is 17.4. The molecule has 2 N–H and O–H groups in total. The zero-order valence-corrected chi connectivity index (χ0v) is 16.0. The van der Waals surface area contributed by atoms with Gasteiger partial charge in [0.25, 0.3) is 0 Å². The second-order valence-electron chi connectivity index (χ2n) is 5.90. The van der Waals surface area contributed by atoms with Crippen LogP contribution in [-0.2, 0) is 9.84 Å². The van der Waals surface area contributed by atoms with Crippen LogP contribution in [0.4, 0.5) is 0 Å². The summed E-state index contributed by atoms with van der Waals surface area (Å²) in [5, 5.41) is 7.36. The fraction of sp³-hybridized carbons (Fsp3) is 0.588. The van der Waals surface area contributed by atoms with Crippen molar-refractivity contribution >= 4 is 27.6 Å². The average Bonchev–Trinajstić information content (AvgIpc) is 3.03. The lowest BCUT2D eigenvalue weighted by atomic mass is 10.2. The molecule has 1 fully saturated rings. The van der Waals surface area contributed by atoms with Gasteiger partial charge in [-0.15, -0.1) is 0 Å². The largest absolute Gasteiger partial charge is 0.357 e. The summed E-state index contributed by atoms with van der Waals surface area (Å²) in [7, 11) is -3.28. The van der Waals surface area contributed by atoms with E-state index in [4.69, 9.17) is 0 Å². The summed E-state index contributed by atoms with van der Waals surface area (Å²) in [4.78, 5) is 4.81. The quantitative estimate of drug-likeness (QED) is 0.570. The minimum absolute atomic E-state index is 0.0195. The van der Waals surface area contributed by atoms with Gasteiger partial charge in [-0.25, -0.2) is 8.42 Å². The van der Waals surface area contributed by atoms with Crippen molar-refractivity contribution in [3.05, 3.63) is 30.3 Å². The number of nitrogens with zero attached hydrogens (tertiary/aromatic N) is 1. The lowest BCUT2D eigenvalue weighted by Gasteiger charge is -2.17. The molecule has 134 valence electrons. The third-order valence-electron chi connectivity index (χ3n) is 4.14. The van der Waals surface area contributed by atoms with Crippen molar-refractivity contribution in [1.29, 1.82) is 0 Å². The molecule has 24 heavy (non-hydrogen) atoms. The van der Waals surface area contributed by atoms with Crippen LogP contribution in [-0.4, -0.2) is 50.8 Å². The van der Waals surface area contributed by atoms with Crippen LogP contribution < -0.4 is 10.6 Å². The Morgan fingerprint density at radius 1 is 1.29 bits per heavy atom. The van der Waals surface area contributed by atoms with Gasteiger partial charge in [0.05, 0.1) is 17.2 Å². The van der Waals surface area contributed by atoms with E-state index in [0.717, 1.165) is 19.4 Å². The number of guanidine groups is 1. The predicted molar refractivity (Wildman–Crippen MR) is 103 cm³/mol. The molecular formula is C17H27N3O2S2. The number of aliphatic imine (C=N–C) groups is 1. The zero-order valence-electron chi connectivity index (χ0n) is 14.4. The Kier molecular flexibility index (Phi) is 7.42. The standard InChI is InChI=1S/C17H27N3O2S2/c1-3-18-17(20-14-9-10-15(13-14)23-2)19-11-12-24(21,22)16-7-5-4-6-8-16/h4-8,14-15H,3,9-13H2,1-2H3,(H2,18,19,20). The molecule has 0 radical (unpaired) electrons. The Morgan fingerprint density at radius 2 is 2.04 bits per heavy atom. The molecule has 1 aromatic carbocycles. The Morgan fingerprint density at radius 3 is 2.67 bits per heavy atom. The van der Waals surface area contributed by atoms with Gasteiger partial charge in [0.15, 0.2) is 15.8 Å². The molecule has 0 bridgehead atoms. The van der Waals surface area contributed by atoms with Gasteiger partial charge in [0, 0.05) is 17.8 Å². The van der Waals surface area contributed by atoms with E-state index in [2.05, 4.69) is 21.9 Å². The number of nitrogens with one attached hydrogen (secondary N) is 2. The monoisotopic (exact) mass is 369 g/mol. The van der Waals surface area contributed by atoms with E-state index in [0.29, 0.717) is 22.1 Å². The third kappa shape index (κ3) is 5.70. The third-order valence-corrected chi connectivity index (χ3v) is 6.94. The van der Waals surface area contributed by atoms with Crippen molar-refractivity contribution in [1.82, 2.24) is 10.6 Å². The van der Waals surface area contributed by atoms with Crippen molar-refractivity contribution in [2.75, 3.05) is 25.1 Å². The molecule has 1 aliphatic rings. The molecule has 0 saturated heterocycles. The summed E-state index contributed by atoms with van der Waals surface area (Å²) in [6, 6.07) is 8.97. The number of hydrogen-bond acceptors (Lipinski definition) is 4. The van der Waals surface area contributed by atoms with Gasteiger partial charge < -0.3 is 10.6 Å². The summed E-state index contributed by atoms with van der Waals surface area (Å²) in [6.07, 6.45) is 5.65. The molecule has 0 amide bonds. The van der Waals surface area contributed by atoms with Crippen LogP contribution in [0.3, 0.4) is 0 Å². The highest BCUT2D eigenvalue weighted by Gasteiger charge is 2.24. The SMILES string of the molecule is CCNC(=NCCS(=O)(=O)c1ccccc1)NC1CCC(SC)C1. The van der Waals surface area contributed by atoms with Crippen molar-refractivity contribution in [2.45, 2.75) is 42.4 Å². The minimum Gasteiger partial charge on any atom is -0.357 e. The smallest absolute Gasteiger partial charge is 0.191 e. The number of hydrogen-bond donors (Lipinski definition) is 2. The summed E-state index contributed by atoms with van der Waals surface area (Å²) in [6.45, 7) is 3.03. The van der Waals surface area contributed by atoms with E-state index < -0.39 is 9.84 Å². The predicted octanol–water partition coefficient (Wildman–Crippen LogP) is 2.30. The summed E-state index contributed by atoms with van der Waals surface area (Å²) in [5.74, 6) is 0.735. The fourth-order valence-electron chi connectivity index (χ4n) is 2.82. The highest BCUT2D eigenvalue weighted by atomic mass is 32.2. The molecule has 2 atom stereocenters. The number of sulfone groups is 1. The van der Waals surface area contributed by atoms with E-state index in [-0.39, 0.29) is 12.3 Å². The first-order chi connectivity index (χ1) is 11.5. The van der Waals surface area contributed by atoms with Crippen molar-refractivity contribution in [2.24, 2.45) is 4.99 Å². The Bertz CT molecular complexity index is 632. The summed E-state index contributed by atoms with van der Waals surface area (Å²) < 4.78 is 24.6. The molecule has 5 nitrogen and oxygen atoms in total. The van der Waals surface area contributed by atoms with E-state index in [1.807, 2.05) is 24.8 Å². The van der Waals surface area contributed by atoms with Crippen LogP contribution in [0.1, 0.15) is 26.2 Å². The second-order valence-corrected chi connectivity index (χ2v) is 9.15. The first-order valence-corrected chi connectivity index (χ1v) is 11.3. The Balaban J connectivity index is 1.91. The molecule has 0 spiro atoms. The van der Waals surface area contributed by atoms with Crippen LogP contribution in [0.2, 0.25) is 0 Å². The van der Waals surface area contributed by atoms with Gasteiger partial charge in [-0.3, -0.25) is 4.99 Å². The average molecular weight is 370 g/mol. The number of thioether (sulfide) groups is 1. The Hall–Kier alpha value is -1.21. The molecule has 2 unspecified atom stereocenters. The lowest BCUT2D eigenvalue weighted by molar-refractivity contribution is 0.595. The van der Waals surface area contributed by atoms with E-state index >= 15 is 0 Å². The normalized spacial score (nSPS) is 21.7. The molecule has 1 saturated carbocycles. The lowest BCUT2D eigenvalue weighted by Crippen LogP contribution is -2.42. The molecule has 0 aromatic heterocycles. The van der Waals surface area contributed by atoms with Crippen LogP contribution in [0.15, 0.2) is 40.2 Å². The molecule has 2 rings (SSSR count). The van der Waals surface area contributed by atoms with Crippen LogP contribution >= 0.6 is 11.8 Å². The number of rotatable bonds is 7. The molecular weight excluding hydrogens is 342 g/mol. The van der Waals surface area contributed by atoms with Crippen molar-refractivity contribution < 1.29 is 8.42 Å².